The number of nitrogens with two attached hydrogens (primary N) is 1. The van der Waals surface area contributed by atoms with E-state index in [4.69, 9.17) is 5.73 Å². The van der Waals surface area contributed by atoms with Crippen LogP contribution in [0, 0.1) is 11.3 Å². The molecule has 0 radical (unpaired) electrons. The summed E-state index contributed by atoms with van der Waals surface area (Å²) >= 11 is 0. The predicted molar refractivity (Wildman–Crippen MR) is 59.7 cm³/mol. The van der Waals surface area contributed by atoms with E-state index in [1.807, 2.05) is 4.90 Å². The summed E-state index contributed by atoms with van der Waals surface area (Å²) < 4.78 is 0. The van der Waals surface area contributed by atoms with Crippen LogP contribution in [-0.4, -0.2) is 29.4 Å². The molecule has 0 aromatic rings. The van der Waals surface area contributed by atoms with Gasteiger partial charge in [-0.1, -0.05) is 20.8 Å². The fraction of sp³-hybridized carbons (Fsp3) is 0.818. The molecule has 0 aromatic heterocycles. The molecule has 2 rings (SSSR count). The number of aliphatic imine (C=N–C) groups is 1. The number of rotatable bonds is 2. The van der Waals surface area contributed by atoms with Gasteiger partial charge in [0.15, 0.2) is 0 Å². The van der Waals surface area contributed by atoms with E-state index >= 15 is 0 Å². The average molecular weight is 209 g/mol. The van der Waals surface area contributed by atoms with Crippen LogP contribution in [0.25, 0.3) is 0 Å². The standard InChI is InChI=1S/C11H19N3O/c1-11(2,3)8-9(12)13-10(15)14(8)6-7-4-5-7/h7-8H,4-6H2,1-3H3,(H2,12,13,15). The van der Waals surface area contributed by atoms with Crippen LogP contribution >= 0.6 is 0 Å². The van der Waals surface area contributed by atoms with Crippen LogP contribution in [0.3, 0.4) is 0 Å². The molecule has 2 amide bonds. The van der Waals surface area contributed by atoms with Crippen molar-refractivity contribution in [3.8, 4) is 0 Å². The highest BCUT2D eigenvalue weighted by Crippen LogP contribution is 2.35. The summed E-state index contributed by atoms with van der Waals surface area (Å²) in [4.78, 5) is 17.4. The van der Waals surface area contributed by atoms with Gasteiger partial charge in [-0.15, -0.1) is 0 Å². The van der Waals surface area contributed by atoms with Crippen molar-refractivity contribution in [3.05, 3.63) is 0 Å². The van der Waals surface area contributed by atoms with E-state index in [2.05, 4.69) is 25.8 Å². The number of amides is 2. The summed E-state index contributed by atoms with van der Waals surface area (Å²) in [5.41, 5.74) is 5.80. The Morgan fingerprint density at radius 3 is 2.53 bits per heavy atom. The minimum Gasteiger partial charge on any atom is -0.385 e. The monoisotopic (exact) mass is 209 g/mol. The van der Waals surface area contributed by atoms with E-state index in [-0.39, 0.29) is 17.5 Å². The summed E-state index contributed by atoms with van der Waals surface area (Å²) in [5.74, 6) is 1.16. The fourth-order valence-corrected chi connectivity index (χ4v) is 2.18. The normalized spacial score (nSPS) is 27.1. The van der Waals surface area contributed by atoms with E-state index in [1.54, 1.807) is 0 Å². The predicted octanol–water partition coefficient (Wildman–Crippen LogP) is 1.60. The summed E-state index contributed by atoms with van der Waals surface area (Å²) in [5, 5.41) is 0. The molecule has 4 nitrogen and oxygen atoms in total. The highest BCUT2D eigenvalue weighted by molar-refractivity contribution is 6.03. The van der Waals surface area contributed by atoms with Crippen molar-refractivity contribution in [2.75, 3.05) is 6.54 Å². The number of carbonyl (C=O) groups is 1. The Hall–Kier alpha value is -1.06. The number of nitrogens with zero attached hydrogens (tertiary/aromatic N) is 2. The molecule has 0 bridgehead atoms. The van der Waals surface area contributed by atoms with Crippen molar-refractivity contribution < 1.29 is 4.79 Å². The van der Waals surface area contributed by atoms with E-state index < -0.39 is 0 Å². The first kappa shape index (κ1) is 10.5. The number of amidine groups is 1. The molecule has 1 unspecified atom stereocenters. The van der Waals surface area contributed by atoms with Gasteiger partial charge in [0, 0.05) is 6.54 Å². The molecule has 1 aliphatic heterocycles. The third kappa shape index (κ3) is 1.98. The van der Waals surface area contributed by atoms with Crippen molar-refractivity contribution in [3.63, 3.8) is 0 Å². The summed E-state index contributed by atoms with van der Waals surface area (Å²) in [6.07, 6.45) is 2.47. The van der Waals surface area contributed by atoms with Crippen molar-refractivity contribution >= 4 is 11.9 Å². The average Bonchev–Trinajstić information content (AvgIpc) is 2.78. The summed E-state index contributed by atoms with van der Waals surface area (Å²) in [7, 11) is 0. The Balaban J connectivity index is 2.16. The van der Waals surface area contributed by atoms with Gasteiger partial charge in [0.25, 0.3) is 0 Å². The zero-order valence-corrected chi connectivity index (χ0v) is 9.66. The maximum absolute atomic E-state index is 11.7. The van der Waals surface area contributed by atoms with Crippen LogP contribution in [0.5, 0.6) is 0 Å². The minimum atomic E-state index is -0.153. The highest BCUT2D eigenvalue weighted by Gasteiger charge is 2.43. The van der Waals surface area contributed by atoms with Gasteiger partial charge in [0.1, 0.15) is 5.84 Å². The van der Waals surface area contributed by atoms with Crippen LogP contribution < -0.4 is 5.73 Å². The molecule has 84 valence electrons. The number of urea groups is 1. The first-order valence-electron chi connectivity index (χ1n) is 5.54. The first-order valence-corrected chi connectivity index (χ1v) is 5.54. The van der Waals surface area contributed by atoms with Crippen molar-refractivity contribution in [1.82, 2.24) is 4.90 Å². The van der Waals surface area contributed by atoms with Gasteiger partial charge in [-0.05, 0) is 24.2 Å². The van der Waals surface area contributed by atoms with Crippen molar-refractivity contribution in [2.45, 2.75) is 39.7 Å². The van der Waals surface area contributed by atoms with Crippen LogP contribution in [0.2, 0.25) is 0 Å². The zero-order chi connectivity index (χ0) is 11.2. The van der Waals surface area contributed by atoms with Crippen LogP contribution in [-0.2, 0) is 0 Å². The molecular formula is C11H19N3O. The third-order valence-corrected chi connectivity index (χ3v) is 3.03. The largest absolute Gasteiger partial charge is 0.385 e. The molecule has 1 fully saturated rings. The van der Waals surface area contributed by atoms with Crippen LogP contribution in [0.4, 0.5) is 4.79 Å². The molecule has 0 saturated heterocycles. The quantitative estimate of drug-likeness (QED) is 0.751. The Bertz CT molecular complexity index is 312. The topological polar surface area (TPSA) is 58.7 Å². The van der Waals surface area contributed by atoms with E-state index in [0.29, 0.717) is 11.8 Å². The van der Waals surface area contributed by atoms with E-state index in [0.717, 1.165) is 6.54 Å². The SMILES string of the molecule is CC(C)(C)C1C(N)=NC(=O)N1CC1CC1. The summed E-state index contributed by atoms with van der Waals surface area (Å²) in [6.45, 7) is 7.11. The Morgan fingerprint density at radius 2 is 2.07 bits per heavy atom. The summed E-state index contributed by atoms with van der Waals surface area (Å²) in [6, 6.07) is -0.176. The van der Waals surface area contributed by atoms with Gasteiger partial charge in [-0.25, -0.2) is 4.79 Å². The lowest BCUT2D eigenvalue weighted by Gasteiger charge is -2.34. The Kier molecular flexibility index (Phi) is 2.24. The van der Waals surface area contributed by atoms with Gasteiger partial charge >= 0.3 is 6.03 Å². The maximum atomic E-state index is 11.7. The second-order valence-electron chi connectivity index (χ2n) is 5.68. The lowest BCUT2D eigenvalue weighted by atomic mass is 9.85. The smallest absolute Gasteiger partial charge is 0.345 e. The lowest BCUT2D eigenvalue weighted by molar-refractivity contribution is 0.164. The lowest BCUT2D eigenvalue weighted by Crippen LogP contribution is -2.49. The number of hydrogen-bond acceptors (Lipinski definition) is 2. The maximum Gasteiger partial charge on any atom is 0.345 e. The highest BCUT2D eigenvalue weighted by atomic mass is 16.2. The molecule has 1 heterocycles. The van der Waals surface area contributed by atoms with Gasteiger partial charge in [0.05, 0.1) is 6.04 Å². The molecule has 1 aliphatic carbocycles. The van der Waals surface area contributed by atoms with E-state index in [1.165, 1.54) is 12.8 Å². The molecular weight excluding hydrogens is 190 g/mol. The second kappa shape index (κ2) is 3.22. The van der Waals surface area contributed by atoms with E-state index in [9.17, 15) is 4.79 Å². The van der Waals surface area contributed by atoms with Gasteiger partial charge < -0.3 is 10.6 Å². The van der Waals surface area contributed by atoms with Crippen molar-refractivity contribution in [2.24, 2.45) is 22.1 Å². The zero-order valence-electron chi connectivity index (χ0n) is 9.66. The number of carbonyl (C=O) groups excluding carboxylic acids is 1. The Morgan fingerprint density at radius 1 is 1.47 bits per heavy atom. The molecule has 2 N–H and O–H groups in total. The molecule has 2 aliphatic rings. The second-order valence-corrected chi connectivity index (χ2v) is 5.68. The van der Waals surface area contributed by atoms with Crippen LogP contribution in [0.1, 0.15) is 33.6 Å². The third-order valence-electron chi connectivity index (χ3n) is 3.03. The fourth-order valence-electron chi connectivity index (χ4n) is 2.18. The minimum absolute atomic E-state index is 0.0226. The molecule has 4 heteroatoms. The van der Waals surface area contributed by atoms with Gasteiger partial charge in [-0.2, -0.15) is 4.99 Å². The molecule has 15 heavy (non-hydrogen) atoms. The van der Waals surface area contributed by atoms with Crippen molar-refractivity contribution in [1.29, 1.82) is 0 Å². The van der Waals surface area contributed by atoms with Crippen LogP contribution in [0.15, 0.2) is 4.99 Å². The molecule has 1 saturated carbocycles. The molecule has 1 atom stereocenters. The molecule has 0 aromatic carbocycles. The first-order chi connectivity index (χ1) is 6.89. The Labute approximate surface area is 90.5 Å². The van der Waals surface area contributed by atoms with Gasteiger partial charge in [0.2, 0.25) is 0 Å². The van der Waals surface area contributed by atoms with Gasteiger partial charge in [-0.3, -0.25) is 0 Å². The number of hydrogen-bond donors (Lipinski definition) is 1. The molecule has 0 spiro atoms.